The molecule has 0 unspecified atom stereocenters. The van der Waals surface area contributed by atoms with Gasteiger partial charge in [0.25, 0.3) is 0 Å². The number of guanidine groups is 1. The van der Waals surface area contributed by atoms with E-state index >= 15 is 0 Å². The second-order valence-electron chi connectivity index (χ2n) is 6.20. The molecule has 3 N–H and O–H groups in total. The highest BCUT2D eigenvalue weighted by Gasteiger charge is 2.38. The number of benzene rings is 2. The van der Waals surface area contributed by atoms with Crippen molar-refractivity contribution in [3.8, 4) is 5.75 Å². The third kappa shape index (κ3) is 3.65. The van der Waals surface area contributed by atoms with E-state index in [0.717, 1.165) is 29.3 Å². The third-order valence-corrected chi connectivity index (χ3v) is 4.91. The van der Waals surface area contributed by atoms with E-state index < -0.39 is 0 Å². The number of aliphatic imine (C=N–C) groups is 1. The molecule has 1 aliphatic rings. The highest BCUT2D eigenvalue weighted by Crippen LogP contribution is 2.44. The second-order valence-corrected chi connectivity index (χ2v) is 6.64. The Morgan fingerprint density at radius 1 is 1.25 bits per heavy atom. The monoisotopic (exact) mass is 343 g/mol. The van der Waals surface area contributed by atoms with Gasteiger partial charge in [-0.1, -0.05) is 36.2 Å². The summed E-state index contributed by atoms with van der Waals surface area (Å²) in [5, 5.41) is 3.88. The molecule has 126 valence electrons. The van der Waals surface area contributed by atoms with Crippen LogP contribution in [0.15, 0.2) is 53.5 Å². The van der Waals surface area contributed by atoms with Gasteiger partial charge in [-0.25, -0.2) is 0 Å². The van der Waals surface area contributed by atoms with Crippen molar-refractivity contribution in [2.45, 2.75) is 24.7 Å². The van der Waals surface area contributed by atoms with Gasteiger partial charge in [0.1, 0.15) is 5.75 Å². The number of hydrogen-bond donors (Lipinski definition) is 2. The van der Waals surface area contributed by atoms with Crippen molar-refractivity contribution >= 4 is 23.2 Å². The summed E-state index contributed by atoms with van der Waals surface area (Å²) < 4.78 is 5.21. The normalized spacial score (nSPS) is 16.3. The summed E-state index contributed by atoms with van der Waals surface area (Å²) in [6.45, 7) is 0.678. The first kappa shape index (κ1) is 16.7. The molecule has 0 heterocycles. The van der Waals surface area contributed by atoms with Crippen molar-refractivity contribution in [3.05, 3.63) is 59.1 Å². The van der Waals surface area contributed by atoms with Crippen LogP contribution in [-0.4, -0.2) is 19.6 Å². The maximum Gasteiger partial charge on any atom is 0.193 e. The van der Waals surface area contributed by atoms with E-state index in [0.29, 0.717) is 12.5 Å². The molecule has 1 saturated carbocycles. The predicted molar refractivity (Wildman–Crippen MR) is 100 cm³/mol. The first-order valence-electron chi connectivity index (χ1n) is 8.08. The molecule has 0 bridgehead atoms. The van der Waals surface area contributed by atoms with Crippen LogP contribution >= 0.6 is 11.6 Å². The topological polar surface area (TPSA) is 59.6 Å². The van der Waals surface area contributed by atoms with Crippen LogP contribution in [0.1, 0.15) is 24.8 Å². The summed E-state index contributed by atoms with van der Waals surface area (Å²) in [7, 11) is 1.64. The molecule has 1 fully saturated rings. The smallest absolute Gasteiger partial charge is 0.193 e. The van der Waals surface area contributed by atoms with Gasteiger partial charge in [0.05, 0.1) is 13.7 Å². The number of nitrogens with one attached hydrogen (secondary N) is 1. The molecular weight excluding hydrogens is 322 g/mol. The number of anilines is 1. The van der Waals surface area contributed by atoms with E-state index in [-0.39, 0.29) is 5.41 Å². The Balaban J connectivity index is 1.69. The van der Waals surface area contributed by atoms with Gasteiger partial charge in [-0.05, 0) is 42.7 Å². The van der Waals surface area contributed by atoms with E-state index in [1.165, 1.54) is 12.0 Å². The van der Waals surface area contributed by atoms with Gasteiger partial charge < -0.3 is 15.8 Å². The number of rotatable bonds is 5. The predicted octanol–water partition coefficient (Wildman–Crippen LogP) is 4.20. The van der Waals surface area contributed by atoms with Gasteiger partial charge in [0.2, 0.25) is 0 Å². The molecule has 2 aromatic carbocycles. The van der Waals surface area contributed by atoms with Gasteiger partial charge in [0, 0.05) is 22.2 Å². The molecule has 0 atom stereocenters. The summed E-state index contributed by atoms with van der Waals surface area (Å²) >= 11 is 6.00. The zero-order chi connectivity index (χ0) is 17.0. The molecule has 0 aliphatic heterocycles. The van der Waals surface area contributed by atoms with E-state index in [1.54, 1.807) is 7.11 Å². The van der Waals surface area contributed by atoms with Crippen molar-refractivity contribution in [1.29, 1.82) is 0 Å². The zero-order valence-corrected chi connectivity index (χ0v) is 14.5. The average molecular weight is 344 g/mol. The fourth-order valence-corrected chi connectivity index (χ4v) is 3.20. The molecule has 2 aromatic rings. The van der Waals surface area contributed by atoms with Crippen molar-refractivity contribution in [1.82, 2.24) is 0 Å². The first-order valence-corrected chi connectivity index (χ1v) is 8.46. The first-order chi connectivity index (χ1) is 11.6. The Morgan fingerprint density at radius 2 is 2.00 bits per heavy atom. The van der Waals surface area contributed by atoms with Crippen LogP contribution in [0.3, 0.4) is 0 Å². The van der Waals surface area contributed by atoms with E-state index in [9.17, 15) is 0 Å². The van der Waals surface area contributed by atoms with Gasteiger partial charge in [-0.2, -0.15) is 0 Å². The van der Waals surface area contributed by atoms with Gasteiger partial charge in [-0.15, -0.1) is 0 Å². The number of hydrogen-bond acceptors (Lipinski definition) is 2. The lowest BCUT2D eigenvalue weighted by molar-refractivity contribution is 0.254. The third-order valence-electron chi connectivity index (χ3n) is 4.66. The Morgan fingerprint density at radius 3 is 2.62 bits per heavy atom. The van der Waals surface area contributed by atoms with E-state index in [4.69, 9.17) is 22.1 Å². The lowest BCUT2D eigenvalue weighted by Crippen LogP contribution is -2.38. The lowest BCUT2D eigenvalue weighted by Gasteiger charge is -2.41. The van der Waals surface area contributed by atoms with Crippen LogP contribution in [0, 0.1) is 0 Å². The number of ether oxygens (including phenoxy) is 1. The molecule has 0 saturated heterocycles. The molecular formula is C19H22ClN3O. The maximum absolute atomic E-state index is 6.06. The number of halogens is 1. The Hall–Kier alpha value is -2.20. The highest BCUT2D eigenvalue weighted by molar-refractivity contribution is 6.30. The molecule has 0 radical (unpaired) electrons. The fraction of sp³-hybridized carbons (Fsp3) is 0.316. The lowest BCUT2D eigenvalue weighted by atomic mass is 9.64. The van der Waals surface area contributed by atoms with Gasteiger partial charge in [0.15, 0.2) is 5.96 Å². The van der Waals surface area contributed by atoms with Crippen molar-refractivity contribution in [3.63, 3.8) is 0 Å². The number of methoxy groups -OCH3 is 1. The van der Waals surface area contributed by atoms with E-state index in [1.807, 2.05) is 36.4 Å². The van der Waals surface area contributed by atoms with Crippen molar-refractivity contribution in [2.75, 3.05) is 19.0 Å². The Labute approximate surface area is 147 Å². The molecule has 0 aromatic heterocycles. The fourth-order valence-electron chi connectivity index (χ4n) is 3.07. The molecule has 3 rings (SSSR count). The van der Waals surface area contributed by atoms with Crippen molar-refractivity contribution < 1.29 is 4.74 Å². The minimum absolute atomic E-state index is 0.0886. The van der Waals surface area contributed by atoms with Crippen LogP contribution in [0.5, 0.6) is 5.75 Å². The SMILES string of the molecule is COc1cccc(NC(N)=NCC2(c3ccc(Cl)cc3)CCC2)c1. The summed E-state index contributed by atoms with van der Waals surface area (Å²) in [4.78, 5) is 4.58. The van der Waals surface area contributed by atoms with Crippen LogP contribution in [0.25, 0.3) is 0 Å². The van der Waals surface area contributed by atoms with E-state index in [2.05, 4.69) is 22.4 Å². The van der Waals surface area contributed by atoms with Gasteiger partial charge >= 0.3 is 0 Å². The number of nitrogens with two attached hydrogens (primary N) is 1. The minimum Gasteiger partial charge on any atom is -0.497 e. The zero-order valence-electron chi connectivity index (χ0n) is 13.8. The average Bonchev–Trinajstić information content (AvgIpc) is 2.55. The largest absolute Gasteiger partial charge is 0.497 e. The summed E-state index contributed by atoms with van der Waals surface area (Å²) in [5.74, 6) is 1.20. The van der Waals surface area contributed by atoms with Gasteiger partial charge in [-0.3, -0.25) is 4.99 Å². The van der Waals surface area contributed by atoms with Crippen LogP contribution in [0.4, 0.5) is 5.69 Å². The quantitative estimate of drug-likeness (QED) is 0.632. The highest BCUT2D eigenvalue weighted by atomic mass is 35.5. The van der Waals surface area contributed by atoms with Crippen LogP contribution < -0.4 is 15.8 Å². The summed E-state index contributed by atoms with van der Waals surface area (Å²) in [6, 6.07) is 15.7. The van der Waals surface area contributed by atoms with Crippen molar-refractivity contribution in [2.24, 2.45) is 10.7 Å². The molecule has 0 amide bonds. The maximum atomic E-state index is 6.06. The van der Waals surface area contributed by atoms with Crippen LogP contribution in [-0.2, 0) is 5.41 Å². The summed E-state index contributed by atoms with van der Waals surface area (Å²) in [5.41, 5.74) is 8.30. The molecule has 0 spiro atoms. The second kappa shape index (κ2) is 7.14. The Kier molecular flexibility index (Phi) is 4.95. The van der Waals surface area contributed by atoms with Crippen LogP contribution in [0.2, 0.25) is 5.02 Å². The molecule has 5 heteroatoms. The Bertz CT molecular complexity index is 724. The minimum atomic E-state index is 0.0886. The number of nitrogens with zero attached hydrogens (tertiary/aromatic N) is 1. The molecule has 4 nitrogen and oxygen atoms in total. The standard InChI is InChI=1S/C19H22ClN3O/c1-24-17-5-2-4-16(12-17)23-18(21)22-13-19(10-3-11-19)14-6-8-15(20)9-7-14/h2,4-9,12H,3,10-11,13H2,1H3,(H3,21,22,23). The summed E-state index contributed by atoms with van der Waals surface area (Å²) in [6.07, 6.45) is 3.48. The molecule has 24 heavy (non-hydrogen) atoms. The molecule has 1 aliphatic carbocycles.